The number of aryl methyl sites for hydroxylation is 1. The van der Waals surface area contributed by atoms with Crippen LogP contribution < -0.4 is 0 Å². The van der Waals surface area contributed by atoms with Crippen molar-refractivity contribution in [3.8, 4) is 0 Å². The molecule has 0 spiro atoms. The number of ether oxygens (including phenoxy) is 1. The summed E-state index contributed by atoms with van der Waals surface area (Å²) in [5, 5.41) is 4.17. The molecule has 1 saturated heterocycles. The number of nitrogens with zero attached hydrogens (tertiary/aromatic N) is 2. The van der Waals surface area contributed by atoms with E-state index in [9.17, 15) is 4.79 Å². The van der Waals surface area contributed by atoms with Gasteiger partial charge < -0.3 is 4.74 Å². The molecule has 0 amide bonds. The molecule has 16 heavy (non-hydrogen) atoms. The zero-order valence-corrected chi connectivity index (χ0v) is 9.90. The summed E-state index contributed by atoms with van der Waals surface area (Å²) in [5.41, 5.74) is 0.0390. The molecule has 1 aliphatic rings. The first-order valence-electron chi connectivity index (χ1n) is 5.88. The van der Waals surface area contributed by atoms with Crippen LogP contribution in [0.5, 0.6) is 0 Å². The second-order valence-electron chi connectivity index (χ2n) is 4.45. The Hall–Kier alpha value is -1.16. The van der Waals surface area contributed by atoms with Crippen molar-refractivity contribution in [2.24, 2.45) is 0 Å². The molecule has 1 aromatic heterocycles. The van der Waals surface area contributed by atoms with Crippen LogP contribution in [0.1, 0.15) is 43.6 Å². The number of Topliss-reactive ketones (excluding diaryl/α,β-unsaturated/α-hetero) is 1. The molecule has 0 saturated carbocycles. The van der Waals surface area contributed by atoms with Gasteiger partial charge in [-0.05, 0) is 32.3 Å². The lowest BCUT2D eigenvalue weighted by atomic mass is 9.95. The molecule has 1 fully saturated rings. The lowest BCUT2D eigenvalue weighted by Crippen LogP contribution is -2.35. The smallest absolute Gasteiger partial charge is 0.212 e. The van der Waals surface area contributed by atoms with E-state index in [1.165, 1.54) is 0 Å². The highest BCUT2D eigenvalue weighted by molar-refractivity contribution is 6.01. The first kappa shape index (κ1) is 11.3. The first-order valence-corrected chi connectivity index (χ1v) is 5.88. The van der Waals surface area contributed by atoms with Crippen LogP contribution in [0.3, 0.4) is 0 Å². The van der Waals surface area contributed by atoms with Gasteiger partial charge in [-0.25, -0.2) is 0 Å². The third-order valence-corrected chi connectivity index (χ3v) is 3.08. The number of ketones is 1. The molecule has 4 heteroatoms. The van der Waals surface area contributed by atoms with E-state index in [2.05, 4.69) is 12.0 Å². The minimum absolute atomic E-state index is 0.0657. The van der Waals surface area contributed by atoms with Crippen LogP contribution in [-0.4, -0.2) is 27.8 Å². The Balaban J connectivity index is 2.23. The summed E-state index contributed by atoms with van der Waals surface area (Å²) in [4.78, 5) is 12.3. The molecule has 2 rings (SSSR count). The van der Waals surface area contributed by atoms with Crippen molar-refractivity contribution in [1.29, 1.82) is 0 Å². The van der Waals surface area contributed by atoms with Gasteiger partial charge in [0.25, 0.3) is 0 Å². The van der Waals surface area contributed by atoms with Gasteiger partial charge in [-0.2, -0.15) is 5.10 Å². The minimum Gasteiger partial charge on any atom is -0.367 e. The largest absolute Gasteiger partial charge is 0.367 e. The van der Waals surface area contributed by atoms with Crippen LogP contribution in [0.4, 0.5) is 0 Å². The Labute approximate surface area is 95.6 Å². The van der Waals surface area contributed by atoms with Gasteiger partial charge in [-0.1, -0.05) is 6.92 Å². The van der Waals surface area contributed by atoms with E-state index < -0.39 is 5.60 Å². The number of hydrogen-bond acceptors (Lipinski definition) is 3. The normalized spacial score (nSPS) is 24.9. The van der Waals surface area contributed by atoms with E-state index in [1.54, 1.807) is 16.9 Å². The molecule has 1 unspecified atom stereocenters. The average molecular weight is 222 g/mol. The van der Waals surface area contributed by atoms with Crippen LogP contribution >= 0.6 is 0 Å². The van der Waals surface area contributed by atoms with Gasteiger partial charge in [0.1, 0.15) is 11.3 Å². The second kappa shape index (κ2) is 4.37. The molecular weight excluding hydrogens is 204 g/mol. The van der Waals surface area contributed by atoms with Gasteiger partial charge in [-0.15, -0.1) is 0 Å². The molecule has 0 N–H and O–H groups in total. The monoisotopic (exact) mass is 222 g/mol. The molecule has 1 aromatic rings. The number of carbonyl (C=O) groups is 1. The minimum atomic E-state index is -0.633. The zero-order valence-electron chi connectivity index (χ0n) is 9.90. The third kappa shape index (κ3) is 1.89. The fourth-order valence-corrected chi connectivity index (χ4v) is 2.14. The van der Waals surface area contributed by atoms with Crippen LogP contribution in [0.15, 0.2) is 12.3 Å². The van der Waals surface area contributed by atoms with E-state index in [-0.39, 0.29) is 5.78 Å². The van der Waals surface area contributed by atoms with Gasteiger partial charge in [0.2, 0.25) is 5.78 Å². The predicted octanol–water partition coefficient (Wildman–Crippen LogP) is 2.04. The van der Waals surface area contributed by atoms with E-state index in [4.69, 9.17) is 4.74 Å². The molecule has 0 radical (unpaired) electrons. The van der Waals surface area contributed by atoms with Crippen molar-refractivity contribution in [1.82, 2.24) is 9.78 Å². The molecule has 0 aliphatic carbocycles. The Morgan fingerprint density at radius 1 is 1.69 bits per heavy atom. The van der Waals surface area contributed by atoms with Crippen molar-refractivity contribution in [2.45, 2.75) is 45.3 Å². The van der Waals surface area contributed by atoms with Crippen molar-refractivity contribution in [2.75, 3.05) is 6.61 Å². The average Bonchev–Trinajstić information content (AvgIpc) is 2.88. The zero-order chi connectivity index (χ0) is 11.6. The SMILES string of the molecule is CCCn1nccc1C(=O)C1(C)CCCO1. The van der Waals surface area contributed by atoms with Gasteiger partial charge in [0.05, 0.1) is 0 Å². The van der Waals surface area contributed by atoms with Crippen LogP contribution in [0.2, 0.25) is 0 Å². The number of hydrogen-bond donors (Lipinski definition) is 0. The highest BCUT2D eigenvalue weighted by Crippen LogP contribution is 2.28. The molecule has 1 atom stereocenters. The van der Waals surface area contributed by atoms with E-state index in [0.29, 0.717) is 12.3 Å². The van der Waals surface area contributed by atoms with E-state index >= 15 is 0 Å². The van der Waals surface area contributed by atoms with E-state index in [0.717, 1.165) is 25.8 Å². The molecular formula is C12H18N2O2. The van der Waals surface area contributed by atoms with Crippen LogP contribution in [0, 0.1) is 0 Å². The lowest BCUT2D eigenvalue weighted by molar-refractivity contribution is 0.0204. The number of aromatic nitrogens is 2. The fraction of sp³-hybridized carbons (Fsp3) is 0.667. The molecule has 0 aromatic carbocycles. The quantitative estimate of drug-likeness (QED) is 0.732. The van der Waals surface area contributed by atoms with Crippen molar-refractivity contribution >= 4 is 5.78 Å². The summed E-state index contributed by atoms with van der Waals surface area (Å²) >= 11 is 0. The van der Waals surface area contributed by atoms with Crippen molar-refractivity contribution < 1.29 is 9.53 Å². The van der Waals surface area contributed by atoms with E-state index in [1.807, 2.05) is 6.92 Å². The molecule has 2 heterocycles. The Morgan fingerprint density at radius 3 is 3.12 bits per heavy atom. The lowest BCUT2D eigenvalue weighted by Gasteiger charge is -2.21. The predicted molar refractivity (Wildman–Crippen MR) is 60.4 cm³/mol. The Bertz CT molecular complexity index is 378. The summed E-state index contributed by atoms with van der Waals surface area (Å²) in [6, 6.07) is 1.78. The molecule has 1 aliphatic heterocycles. The van der Waals surface area contributed by atoms with Crippen molar-refractivity contribution in [3.63, 3.8) is 0 Å². The highest BCUT2D eigenvalue weighted by Gasteiger charge is 2.39. The first-order chi connectivity index (χ1) is 7.67. The maximum absolute atomic E-state index is 12.3. The summed E-state index contributed by atoms with van der Waals surface area (Å²) in [6.45, 7) is 5.42. The molecule has 88 valence electrons. The number of carbonyl (C=O) groups excluding carboxylic acids is 1. The summed E-state index contributed by atoms with van der Waals surface area (Å²) in [7, 11) is 0. The molecule has 0 bridgehead atoms. The topological polar surface area (TPSA) is 44.1 Å². The van der Waals surface area contributed by atoms with Crippen LogP contribution in [0.25, 0.3) is 0 Å². The number of rotatable bonds is 4. The molecule has 4 nitrogen and oxygen atoms in total. The Morgan fingerprint density at radius 2 is 2.50 bits per heavy atom. The van der Waals surface area contributed by atoms with Gasteiger partial charge in [-0.3, -0.25) is 9.48 Å². The fourth-order valence-electron chi connectivity index (χ4n) is 2.14. The second-order valence-corrected chi connectivity index (χ2v) is 4.45. The summed E-state index contributed by atoms with van der Waals surface area (Å²) < 4.78 is 7.34. The van der Waals surface area contributed by atoms with Gasteiger partial charge >= 0.3 is 0 Å². The Kier molecular flexibility index (Phi) is 3.10. The summed E-state index contributed by atoms with van der Waals surface area (Å²) in [5.74, 6) is 0.0657. The standard InChI is InChI=1S/C12H18N2O2/c1-3-8-14-10(5-7-13-14)11(15)12(2)6-4-9-16-12/h5,7H,3-4,6,8-9H2,1-2H3. The van der Waals surface area contributed by atoms with Gasteiger partial charge in [0, 0.05) is 19.3 Å². The maximum atomic E-state index is 12.3. The highest BCUT2D eigenvalue weighted by atomic mass is 16.5. The third-order valence-electron chi connectivity index (χ3n) is 3.08. The van der Waals surface area contributed by atoms with Crippen molar-refractivity contribution in [3.05, 3.63) is 18.0 Å². The maximum Gasteiger partial charge on any atom is 0.212 e. The summed E-state index contributed by atoms with van der Waals surface area (Å²) in [6.07, 6.45) is 4.42. The van der Waals surface area contributed by atoms with Gasteiger partial charge in [0.15, 0.2) is 0 Å². The van der Waals surface area contributed by atoms with Crippen LogP contribution in [-0.2, 0) is 11.3 Å².